The van der Waals surface area contributed by atoms with Crippen LogP contribution in [0.4, 0.5) is 0 Å². The molecule has 0 saturated carbocycles. The summed E-state index contributed by atoms with van der Waals surface area (Å²) in [5.74, 6) is -0.232. The van der Waals surface area contributed by atoms with E-state index in [1.807, 2.05) is 18.3 Å². The fourth-order valence-electron chi connectivity index (χ4n) is 1.28. The van der Waals surface area contributed by atoms with Gasteiger partial charge in [-0.05, 0) is 12.1 Å². The van der Waals surface area contributed by atoms with Crippen LogP contribution in [0, 0.1) is 0 Å². The van der Waals surface area contributed by atoms with E-state index in [0.717, 1.165) is 12.1 Å². The number of nitrogens with two attached hydrogens (primary N) is 1. The topological polar surface area (TPSA) is 82.4 Å². The Morgan fingerprint density at radius 2 is 2.47 bits per heavy atom. The number of rotatable bonds is 5. The van der Waals surface area contributed by atoms with Crippen molar-refractivity contribution in [2.45, 2.75) is 12.5 Å². The Morgan fingerprint density at radius 1 is 1.73 bits per heavy atom. The molecule has 1 rings (SSSR count). The van der Waals surface area contributed by atoms with Gasteiger partial charge in [0.1, 0.15) is 6.04 Å². The van der Waals surface area contributed by atoms with E-state index in [4.69, 9.17) is 10.8 Å². The van der Waals surface area contributed by atoms with E-state index < -0.39 is 6.04 Å². The van der Waals surface area contributed by atoms with Crippen LogP contribution in [0.2, 0.25) is 0 Å². The summed E-state index contributed by atoms with van der Waals surface area (Å²) in [7, 11) is 1.68. The van der Waals surface area contributed by atoms with E-state index in [-0.39, 0.29) is 12.5 Å². The maximum absolute atomic E-state index is 11.5. The van der Waals surface area contributed by atoms with Crippen molar-refractivity contribution in [2.24, 2.45) is 5.73 Å². The number of nitrogens with zero attached hydrogens (tertiary/aromatic N) is 1. The van der Waals surface area contributed by atoms with Gasteiger partial charge in [0.25, 0.3) is 0 Å². The van der Waals surface area contributed by atoms with Crippen molar-refractivity contribution in [3.05, 3.63) is 24.0 Å². The van der Waals surface area contributed by atoms with Gasteiger partial charge in [-0.3, -0.25) is 4.79 Å². The van der Waals surface area contributed by atoms with E-state index in [1.54, 1.807) is 7.05 Å². The normalized spacial score (nSPS) is 12.5. The second-order valence-corrected chi connectivity index (χ2v) is 3.49. The van der Waals surface area contributed by atoms with Crippen LogP contribution in [0.25, 0.3) is 0 Å². The zero-order valence-corrected chi connectivity index (χ0v) is 8.81. The summed E-state index contributed by atoms with van der Waals surface area (Å²) in [5, 5.41) is 8.73. The highest BCUT2D eigenvalue weighted by Gasteiger charge is 2.16. The molecule has 0 aliphatic heterocycles. The number of aromatic amines is 1. The van der Waals surface area contributed by atoms with Crippen molar-refractivity contribution >= 4 is 5.91 Å². The number of carbonyl (C=O) groups excluding carboxylic acids is 1. The predicted molar refractivity (Wildman–Crippen MR) is 57.2 cm³/mol. The molecule has 0 fully saturated rings. The third kappa shape index (κ3) is 3.38. The van der Waals surface area contributed by atoms with Gasteiger partial charge in [-0.15, -0.1) is 0 Å². The number of likely N-dealkylation sites (N-methyl/N-ethyl adjacent to an activating group) is 1. The lowest BCUT2D eigenvalue weighted by atomic mass is 10.2. The van der Waals surface area contributed by atoms with Crippen LogP contribution in [0.15, 0.2) is 18.3 Å². The number of carbonyl (C=O) groups is 1. The van der Waals surface area contributed by atoms with Crippen LogP contribution in [0.3, 0.4) is 0 Å². The molecule has 1 aromatic rings. The third-order valence-electron chi connectivity index (χ3n) is 2.27. The Morgan fingerprint density at radius 3 is 3.00 bits per heavy atom. The number of aliphatic hydroxyl groups is 1. The standard InChI is InChI=1S/C10H17N3O2/c1-13(10(15)9(11)7-14)6-4-8-3-2-5-12-8/h2-3,5,9,12,14H,4,6-7,11H2,1H3. The molecule has 5 nitrogen and oxygen atoms in total. The molecule has 1 aromatic heterocycles. The Kier molecular flexibility index (Phi) is 4.33. The molecule has 0 aliphatic carbocycles. The summed E-state index contributed by atoms with van der Waals surface area (Å²) in [6.07, 6.45) is 2.60. The zero-order chi connectivity index (χ0) is 11.3. The third-order valence-corrected chi connectivity index (χ3v) is 2.27. The SMILES string of the molecule is CN(CCc1ccc[nH]1)C(=O)C(N)CO. The van der Waals surface area contributed by atoms with Crippen molar-refractivity contribution in [3.63, 3.8) is 0 Å². The van der Waals surface area contributed by atoms with Crippen LogP contribution in [0.1, 0.15) is 5.69 Å². The molecule has 1 unspecified atom stereocenters. The molecule has 0 radical (unpaired) electrons. The van der Waals surface area contributed by atoms with Crippen LogP contribution in [-0.2, 0) is 11.2 Å². The molecule has 84 valence electrons. The van der Waals surface area contributed by atoms with Crippen molar-refractivity contribution in [3.8, 4) is 0 Å². The minimum Gasteiger partial charge on any atom is -0.394 e. The van der Waals surface area contributed by atoms with Gasteiger partial charge < -0.3 is 20.7 Å². The van der Waals surface area contributed by atoms with Crippen LogP contribution in [-0.4, -0.2) is 47.1 Å². The van der Waals surface area contributed by atoms with Gasteiger partial charge in [0.2, 0.25) is 5.91 Å². The van der Waals surface area contributed by atoms with E-state index in [0.29, 0.717) is 6.54 Å². The molecule has 1 heterocycles. The summed E-state index contributed by atoms with van der Waals surface area (Å²) in [5.41, 5.74) is 6.49. The predicted octanol–water partition coefficient (Wildman–Crippen LogP) is -0.665. The first-order chi connectivity index (χ1) is 7.15. The molecular formula is C10H17N3O2. The minimum absolute atomic E-state index is 0.232. The van der Waals surface area contributed by atoms with Crippen molar-refractivity contribution in [2.75, 3.05) is 20.2 Å². The molecule has 0 bridgehead atoms. The minimum atomic E-state index is -0.807. The summed E-state index contributed by atoms with van der Waals surface area (Å²) < 4.78 is 0. The molecule has 1 atom stereocenters. The first-order valence-corrected chi connectivity index (χ1v) is 4.89. The van der Waals surface area contributed by atoms with E-state index in [2.05, 4.69) is 4.98 Å². The average Bonchev–Trinajstić information content (AvgIpc) is 2.76. The number of hydrogen-bond acceptors (Lipinski definition) is 3. The summed E-state index contributed by atoms with van der Waals surface area (Å²) in [6, 6.07) is 3.07. The Labute approximate surface area is 88.9 Å². The summed E-state index contributed by atoms with van der Waals surface area (Å²) in [6.45, 7) is 0.277. The molecule has 1 amide bonds. The van der Waals surface area contributed by atoms with E-state index in [1.165, 1.54) is 4.90 Å². The molecule has 0 aromatic carbocycles. The molecular weight excluding hydrogens is 194 g/mol. The second kappa shape index (κ2) is 5.53. The lowest BCUT2D eigenvalue weighted by Gasteiger charge is -2.19. The number of aliphatic hydroxyl groups excluding tert-OH is 1. The Balaban J connectivity index is 2.35. The van der Waals surface area contributed by atoms with Crippen LogP contribution >= 0.6 is 0 Å². The van der Waals surface area contributed by atoms with Crippen molar-refractivity contribution in [1.82, 2.24) is 9.88 Å². The maximum Gasteiger partial charge on any atom is 0.241 e. The highest BCUT2D eigenvalue weighted by molar-refractivity contribution is 5.81. The van der Waals surface area contributed by atoms with E-state index >= 15 is 0 Å². The molecule has 5 heteroatoms. The summed E-state index contributed by atoms with van der Waals surface area (Å²) >= 11 is 0. The average molecular weight is 211 g/mol. The van der Waals surface area contributed by atoms with Crippen molar-refractivity contribution < 1.29 is 9.90 Å². The van der Waals surface area contributed by atoms with Gasteiger partial charge in [-0.25, -0.2) is 0 Å². The largest absolute Gasteiger partial charge is 0.394 e. The first kappa shape index (κ1) is 11.7. The number of amides is 1. The molecule has 15 heavy (non-hydrogen) atoms. The highest BCUT2D eigenvalue weighted by Crippen LogP contribution is 1.98. The fourth-order valence-corrected chi connectivity index (χ4v) is 1.28. The van der Waals surface area contributed by atoms with Crippen LogP contribution in [0.5, 0.6) is 0 Å². The second-order valence-electron chi connectivity index (χ2n) is 3.49. The first-order valence-electron chi connectivity index (χ1n) is 4.89. The van der Waals surface area contributed by atoms with E-state index in [9.17, 15) is 4.79 Å². The maximum atomic E-state index is 11.5. The smallest absolute Gasteiger partial charge is 0.241 e. The van der Waals surface area contributed by atoms with Gasteiger partial charge >= 0.3 is 0 Å². The fraction of sp³-hybridized carbons (Fsp3) is 0.500. The Bertz CT molecular complexity index is 298. The van der Waals surface area contributed by atoms with Gasteiger partial charge in [0, 0.05) is 31.9 Å². The van der Waals surface area contributed by atoms with Gasteiger partial charge in [0.15, 0.2) is 0 Å². The number of aromatic nitrogens is 1. The van der Waals surface area contributed by atoms with Gasteiger partial charge in [-0.2, -0.15) is 0 Å². The highest BCUT2D eigenvalue weighted by atomic mass is 16.3. The quantitative estimate of drug-likeness (QED) is 0.604. The molecule has 0 saturated heterocycles. The Hall–Kier alpha value is -1.33. The molecule has 0 spiro atoms. The van der Waals surface area contributed by atoms with Gasteiger partial charge in [-0.1, -0.05) is 0 Å². The molecule has 4 N–H and O–H groups in total. The van der Waals surface area contributed by atoms with Gasteiger partial charge in [0.05, 0.1) is 6.61 Å². The lowest BCUT2D eigenvalue weighted by Crippen LogP contribution is -2.44. The van der Waals surface area contributed by atoms with Crippen molar-refractivity contribution in [1.29, 1.82) is 0 Å². The molecule has 0 aliphatic rings. The summed E-state index contributed by atoms with van der Waals surface area (Å²) in [4.78, 5) is 16.0. The van der Waals surface area contributed by atoms with Crippen LogP contribution < -0.4 is 5.73 Å². The number of nitrogens with one attached hydrogen (secondary N) is 1. The number of H-pyrrole nitrogens is 1. The number of hydrogen-bond donors (Lipinski definition) is 3. The lowest BCUT2D eigenvalue weighted by molar-refractivity contribution is -0.132. The zero-order valence-electron chi connectivity index (χ0n) is 8.81. The monoisotopic (exact) mass is 211 g/mol.